The Bertz CT molecular complexity index is 721. The van der Waals surface area contributed by atoms with E-state index >= 15 is 0 Å². The first-order valence-electron chi connectivity index (χ1n) is 8.52. The second-order valence-corrected chi connectivity index (χ2v) is 6.56. The van der Waals surface area contributed by atoms with Crippen molar-refractivity contribution in [3.63, 3.8) is 0 Å². The van der Waals surface area contributed by atoms with Crippen molar-refractivity contribution in [3.05, 3.63) is 48.2 Å². The molecule has 1 aliphatic heterocycles. The number of pyridine rings is 1. The smallest absolute Gasteiger partial charge is 0.259 e. The number of hydrogen-bond donors (Lipinski definition) is 1. The van der Waals surface area contributed by atoms with Crippen LogP contribution in [0.5, 0.6) is 0 Å². The van der Waals surface area contributed by atoms with Gasteiger partial charge in [0.25, 0.3) is 5.91 Å². The van der Waals surface area contributed by atoms with E-state index in [0.29, 0.717) is 11.4 Å². The summed E-state index contributed by atoms with van der Waals surface area (Å²) < 4.78 is 0. The van der Waals surface area contributed by atoms with E-state index in [0.717, 1.165) is 31.9 Å². The molecule has 0 bridgehead atoms. The summed E-state index contributed by atoms with van der Waals surface area (Å²) in [5.74, 6) is 0.512. The summed E-state index contributed by atoms with van der Waals surface area (Å²) in [6.45, 7) is 4.22. The number of anilines is 3. The van der Waals surface area contributed by atoms with Crippen molar-refractivity contribution in [1.29, 1.82) is 0 Å². The van der Waals surface area contributed by atoms with Gasteiger partial charge < -0.3 is 20.0 Å². The second-order valence-electron chi connectivity index (χ2n) is 6.56. The zero-order valence-electron chi connectivity index (χ0n) is 15.1. The molecule has 1 N–H and O–H groups in total. The average molecular weight is 339 g/mol. The van der Waals surface area contributed by atoms with Crippen LogP contribution >= 0.6 is 0 Å². The zero-order valence-corrected chi connectivity index (χ0v) is 15.1. The van der Waals surface area contributed by atoms with Crippen molar-refractivity contribution >= 4 is 23.1 Å². The van der Waals surface area contributed by atoms with Crippen LogP contribution < -0.4 is 15.1 Å². The summed E-state index contributed by atoms with van der Waals surface area (Å²) in [5.41, 5.74) is 2.55. The number of likely N-dealkylation sites (N-methyl/N-ethyl adjacent to an activating group) is 1. The molecule has 0 radical (unpaired) electrons. The molecule has 3 rings (SSSR count). The third-order valence-electron chi connectivity index (χ3n) is 4.45. The Labute approximate surface area is 149 Å². The van der Waals surface area contributed by atoms with E-state index in [1.165, 1.54) is 5.69 Å². The molecule has 6 nitrogen and oxygen atoms in total. The molecule has 1 amide bonds. The number of nitrogens with one attached hydrogen (secondary N) is 1. The Balaban J connectivity index is 1.68. The maximum absolute atomic E-state index is 12.6. The van der Waals surface area contributed by atoms with Crippen LogP contribution in [-0.2, 0) is 0 Å². The maximum atomic E-state index is 12.6. The zero-order chi connectivity index (χ0) is 17.8. The molecule has 0 unspecified atom stereocenters. The molecule has 1 aromatic heterocycles. The van der Waals surface area contributed by atoms with Crippen LogP contribution in [0.2, 0.25) is 0 Å². The number of rotatable bonds is 4. The van der Waals surface area contributed by atoms with E-state index in [-0.39, 0.29) is 5.91 Å². The molecule has 1 aromatic carbocycles. The quantitative estimate of drug-likeness (QED) is 0.925. The summed E-state index contributed by atoms with van der Waals surface area (Å²) in [7, 11) is 5.91. The van der Waals surface area contributed by atoms with E-state index in [1.807, 2.05) is 31.1 Å². The van der Waals surface area contributed by atoms with Crippen molar-refractivity contribution in [3.8, 4) is 0 Å². The summed E-state index contributed by atoms with van der Waals surface area (Å²) in [6.07, 6.45) is 1.69. The largest absolute Gasteiger partial charge is 0.369 e. The SMILES string of the molecule is CN1CCN(c2ccc(NC(=O)c3cccnc3N(C)C)cc2)CC1. The fraction of sp³-hybridized carbons (Fsp3) is 0.368. The van der Waals surface area contributed by atoms with Crippen LogP contribution in [0.4, 0.5) is 17.2 Å². The highest BCUT2D eigenvalue weighted by Gasteiger charge is 2.16. The monoisotopic (exact) mass is 339 g/mol. The Hall–Kier alpha value is -2.60. The first-order valence-corrected chi connectivity index (χ1v) is 8.52. The third kappa shape index (κ3) is 4.09. The summed E-state index contributed by atoms with van der Waals surface area (Å²) in [4.78, 5) is 23.4. The van der Waals surface area contributed by atoms with Gasteiger partial charge in [-0.15, -0.1) is 0 Å². The molecule has 2 aromatic rings. The van der Waals surface area contributed by atoms with Crippen LogP contribution in [0.3, 0.4) is 0 Å². The van der Waals surface area contributed by atoms with Gasteiger partial charge in [-0.3, -0.25) is 4.79 Å². The molecule has 0 aliphatic carbocycles. The van der Waals surface area contributed by atoms with E-state index in [2.05, 4.69) is 39.3 Å². The van der Waals surface area contributed by atoms with Gasteiger partial charge in [0.05, 0.1) is 5.56 Å². The van der Waals surface area contributed by atoms with Gasteiger partial charge in [0.2, 0.25) is 0 Å². The second kappa shape index (κ2) is 7.53. The molecule has 0 spiro atoms. The highest BCUT2D eigenvalue weighted by atomic mass is 16.1. The van der Waals surface area contributed by atoms with Gasteiger partial charge in [0.1, 0.15) is 5.82 Å². The molecule has 0 atom stereocenters. The van der Waals surface area contributed by atoms with E-state index < -0.39 is 0 Å². The summed E-state index contributed by atoms with van der Waals surface area (Å²) in [6, 6.07) is 11.6. The van der Waals surface area contributed by atoms with Gasteiger partial charge >= 0.3 is 0 Å². The standard InChI is InChI=1S/C19H25N5O/c1-22(2)18-17(5-4-10-20-18)19(25)21-15-6-8-16(9-7-15)24-13-11-23(3)12-14-24/h4-10H,11-14H2,1-3H3,(H,21,25). The van der Waals surface area contributed by atoms with Gasteiger partial charge in [-0.1, -0.05) is 0 Å². The van der Waals surface area contributed by atoms with Gasteiger partial charge in [-0.05, 0) is 43.4 Å². The molecule has 6 heteroatoms. The molecule has 1 aliphatic rings. The van der Waals surface area contributed by atoms with Crippen molar-refractivity contribution in [2.45, 2.75) is 0 Å². The topological polar surface area (TPSA) is 51.7 Å². The normalized spacial score (nSPS) is 15.1. The van der Waals surface area contributed by atoms with Crippen molar-refractivity contribution < 1.29 is 4.79 Å². The minimum Gasteiger partial charge on any atom is -0.369 e. The number of aromatic nitrogens is 1. The van der Waals surface area contributed by atoms with E-state index in [9.17, 15) is 4.79 Å². The Morgan fingerprint density at radius 2 is 1.76 bits per heavy atom. The highest BCUT2D eigenvalue weighted by molar-refractivity contribution is 6.07. The number of carbonyl (C=O) groups excluding carboxylic acids is 1. The first-order chi connectivity index (χ1) is 12.0. The van der Waals surface area contributed by atoms with E-state index in [4.69, 9.17) is 0 Å². The van der Waals surface area contributed by atoms with Gasteiger partial charge in [0.15, 0.2) is 0 Å². The number of benzene rings is 1. The molecule has 1 fully saturated rings. The number of carbonyl (C=O) groups is 1. The Kier molecular flexibility index (Phi) is 5.19. The maximum Gasteiger partial charge on any atom is 0.259 e. The van der Waals surface area contributed by atoms with E-state index in [1.54, 1.807) is 18.3 Å². The fourth-order valence-corrected chi connectivity index (χ4v) is 2.95. The van der Waals surface area contributed by atoms with Crippen molar-refractivity contribution in [1.82, 2.24) is 9.88 Å². The highest BCUT2D eigenvalue weighted by Crippen LogP contribution is 2.21. The molecular formula is C19H25N5O. The molecule has 0 saturated carbocycles. The summed E-state index contributed by atoms with van der Waals surface area (Å²) in [5, 5.41) is 2.96. The van der Waals surface area contributed by atoms with Crippen LogP contribution in [0, 0.1) is 0 Å². The lowest BCUT2D eigenvalue weighted by atomic mass is 10.2. The van der Waals surface area contributed by atoms with Crippen LogP contribution in [0.1, 0.15) is 10.4 Å². The van der Waals surface area contributed by atoms with Gasteiger partial charge in [-0.2, -0.15) is 0 Å². The number of nitrogens with zero attached hydrogens (tertiary/aromatic N) is 4. The molecular weight excluding hydrogens is 314 g/mol. The predicted molar refractivity (Wildman–Crippen MR) is 103 cm³/mol. The average Bonchev–Trinajstić information content (AvgIpc) is 2.63. The van der Waals surface area contributed by atoms with Crippen molar-refractivity contribution in [2.75, 3.05) is 62.4 Å². The van der Waals surface area contributed by atoms with Crippen LogP contribution in [0.15, 0.2) is 42.6 Å². The fourth-order valence-electron chi connectivity index (χ4n) is 2.95. The predicted octanol–water partition coefficient (Wildman–Crippen LogP) is 2.15. The lowest BCUT2D eigenvalue weighted by Gasteiger charge is -2.34. The van der Waals surface area contributed by atoms with Crippen LogP contribution in [-0.4, -0.2) is 63.1 Å². The van der Waals surface area contributed by atoms with Gasteiger partial charge in [0, 0.05) is 57.8 Å². The lowest BCUT2D eigenvalue weighted by molar-refractivity contribution is 0.102. The van der Waals surface area contributed by atoms with Gasteiger partial charge in [-0.25, -0.2) is 4.98 Å². The minimum atomic E-state index is -0.149. The Morgan fingerprint density at radius 3 is 2.40 bits per heavy atom. The number of amides is 1. The van der Waals surface area contributed by atoms with Crippen molar-refractivity contribution in [2.24, 2.45) is 0 Å². The third-order valence-corrected chi connectivity index (χ3v) is 4.45. The number of hydrogen-bond acceptors (Lipinski definition) is 5. The molecule has 25 heavy (non-hydrogen) atoms. The Morgan fingerprint density at radius 1 is 1.08 bits per heavy atom. The lowest BCUT2D eigenvalue weighted by Crippen LogP contribution is -2.44. The minimum absolute atomic E-state index is 0.149. The molecule has 1 saturated heterocycles. The van der Waals surface area contributed by atoms with Crippen LogP contribution in [0.25, 0.3) is 0 Å². The molecule has 2 heterocycles. The first kappa shape index (κ1) is 17.2. The molecule has 132 valence electrons. The number of piperazine rings is 1. The summed E-state index contributed by atoms with van der Waals surface area (Å²) >= 11 is 0.